The summed E-state index contributed by atoms with van der Waals surface area (Å²) in [6.07, 6.45) is 12.1. The number of pyridine rings is 1. The second-order valence-electron chi connectivity index (χ2n) is 5.71. The molecule has 0 atom stereocenters. The third-order valence-electron chi connectivity index (χ3n) is 4.27. The number of aromatic nitrogens is 3. The molecular formula is C17H22N4S. The van der Waals surface area contributed by atoms with Gasteiger partial charge in [-0.1, -0.05) is 37.6 Å². The summed E-state index contributed by atoms with van der Waals surface area (Å²) in [5.41, 5.74) is 2.62. The van der Waals surface area contributed by atoms with Crippen molar-refractivity contribution in [3.05, 3.63) is 29.9 Å². The molecular weight excluding hydrogens is 292 g/mol. The van der Waals surface area contributed by atoms with Gasteiger partial charge in [-0.05, 0) is 43.6 Å². The van der Waals surface area contributed by atoms with Crippen molar-refractivity contribution in [1.82, 2.24) is 14.5 Å². The second-order valence-corrected chi connectivity index (χ2v) is 6.48. The third kappa shape index (κ3) is 2.82. The van der Waals surface area contributed by atoms with Crippen molar-refractivity contribution in [3.63, 3.8) is 0 Å². The van der Waals surface area contributed by atoms with Crippen LogP contribution >= 0.6 is 11.8 Å². The average molecular weight is 314 g/mol. The first-order valence-corrected chi connectivity index (χ1v) is 9.15. The van der Waals surface area contributed by atoms with E-state index in [1.807, 2.05) is 29.2 Å². The van der Waals surface area contributed by atoms with Crippen LogP contribution in [0.1, 0.15) is 39.0 Å². The van der Waals surface area contributed by atoms with Gasteiger partial charge in [0.25, 0.3) is 0 Å². The standard InChI is InChI=1S/C17H22N4S/c1-3-6-14(12-7-4-5-8-12)21-15(18)10-9-13-11-19-17(22-2)20-16(13)21/h6,9-12,18H,3-5,7-8H2,1-2H3/b14-6-,18-15?. The zero-order chi connectivity index (χ0) is 15.5. The van der Waals surface area contributed by atoms with Gasteiger partial charge in [0, 0.05) is 17.3 Å². The smallest absolute Gasteiger partial charge is 0.189 e. The summed E-state index contributed by atoms with van der Waals surface area (Å²) >= 11 is 1.54. The molecule has 0 unspecified atom stereocenters. The van der Waals surface area contributed by atoms with E-state index in [9.17, 15) is 0 Å². The minimum atomic E-state index is 0.504. The number of nitrogens with zero attached hydrogens (tertiary/aromatic N) is 3. The quantitative estimate of drug-likeness (QED) is 0.683. The van der Waals surface area contributed by atoms with Crippen molar-refractivity contribution in [2.75, 3.05) is 6.26 Å². The van der Waals surface area contributed by atoms with Gasteiger partial charge in [0.2, 0.25) is 0 Å². The van der Waals surface area contributed by atoms with Gasteiger partial charge in [-0.15, -0.1) is 0 Å². The zero-order valence-corrected chi connectivity index (χ0v) is 14.0. The van der Waals surface area contributed by atoms with E-state index in [1.54, 1.807) is 0 Å². The molecule has 0 bridgehead atoms. The summed E-state index contributed by atoms with van der Waals surface area (Å²) < 4.78 is 2.04. The van der Waals surface area contributed by atoms with Crippen LogP contribution in [-0.2, 0) is 0 Å². The highest BCUT2D eigenvalue weighted by atomic mass is 32.2. The number of fused-ring (bicyclic) bond motifs is 1. The first kappa shape index (κ1) is 15.3. The van der Waals surface area contributed by atoms with Crippen LogP contribution in [-0.4, -0.2) is 20.8 Å². The highest BCUT2D eigenvalue weighted by molar-refractivity contribution is 7.98. The Morgan fingerprint density at radius 3 is 2.86 bits per heavy atom. The fourth-order valence-electron chi connectivity index (χ4n) is 3.25. The molecule has 1 aliphatic rings. The Hall–Kier alpha value is -1.62. The topological polar surface area (TPSA) is 54.6 Å². The fourth-order valence-corrected chi connectivity index (χ4v) is 3.59. The maximum atomic E-state index is 8.41. The first-order chi connectivity index (χ1) is 10.7. The van der Waals surface area contributed by atoms with E-state index in [0.29, 0.717) is 11.4 Å². The Labute approximate surface area is 135 Å². The largest absolute Gasteiger partial charge is 0.284 e. The summed E-state index contributed by atoms with van der Waals surface area (Å²) in [7, 11) is 0. The predicted molar refractivity (Wildman–Crippen MR) is 91.7 cm³/mol. The monoisotopic (exact) mass is 314 g/mol. The van der Waals surface area contributed by atoms with E-state index in [4.69, 9.17) is 5.41 Å². The van der Waals surface area contributed by atoms with Crippen LogP contribution in [0.5, 0.6) is 0 Å². The molecule has 116 valence electrons. The maximum absolute atomic E-state index is 8.41. The Kier molecular flexibility index (Phi) is 4.62. The van der Waals surface area contributed by atoms with Crippen LogP contribution in [0.2, 0.25) is 0 Å². The number of hydrogen-bond donors (Lipinski definition) is 1. The van der Waals surface area contributed by atoms with Gasteiger partial charge in [-0.3, -0.25) is 9.98 Å². The van der Waals surface area contributed by atoms with Gasteiger partial charge in [0.05, 0.1) is 0 Å². The Morgan fingerprint density at radius 1 is 1.41 bits per heavy atom. The van der Waals surface area contributed by atoms with Crippen molar-refractivity contribution in [1.29, 1.82) is 5.41 Å². The molecule has 22 heavy (non-hydrogen) atoms. The molecule has 4 nitrogen and oxygen atoms in total. The molecule has 3 rings (SSSR count). The first-order valence-electron chi connectivity index (χ1n) is 7.92. The number of hydrogen-bond acceptors (Lipinski definition) is 4. The van der Waals surface area contributed by atoms with E-state index >= 15 is 0 Å². The van der Waals surface area contributed by atoms with Gasteiger partial charge in [-0.25, -0.2) is 9.97 Å². The maximum Gasteiger partial charge on any atom is 0.189 e. The third-order valence-corrected chi connectivity index (χ3v) is 4.84. The van der Waals surface area contributed by atoms with E-state index < -0.39 is 0 Å². The van der Waals surface area contributed by atoms with Gasteiger partial charge in [-0.2, -0.15) is 0 Å². The average Bonchev–Trinajstić information content (AvgIpc) is 3.07. The molecule has 1 aliphatic carbocycles. The van der Waals surface area contributed by atoms with Crippen molar-refractivity contribution >= 4 is 28.5 Å². The normalized spacial score (nSPS) is 16.5. The molecule has 0 saturated heterocycles. The molecule has 1 saturated carbocycles. The summed E-state index contributed by atoms with van der Waals surface area (Å²) in [5, 5.41) is 10.2. The van der Waals surface area contributed by atoms with E-state index in [1.165, 1.54) is 43.1 Å². The Bertz CT molecular complexity index is 757. The minimum absolute atomic E-state index is 0.504. The summed E-state index contributed by atoms with van der Waals surface area (Å²) in [4.78, 5) is 9.04. The minimum Gasteiger partial charge on any atom is -0.284 e. The van der Waals surface area contributed by atoms with Gasteiger partial charge < -0.3 is 0 Å². The van der Waals surface area contributed by atoms with Crippen LogP contribution < -0.4 is 5.49 Å². The lowest BCUT2D eigenvalue weighted by Crippen LogP contribution is -2.23. The highest BCUT2D eigenvalue weighted by Gasteiger charge is 2.22. The molecule has 0 aliphatic heterocycles. The van der Waals surface area contributed by atoms with Crippen molar-refractivity contribution < 1.29 is 0 Å². The van der Waals surface area contributed by atoms with Crippen molar-refractivity contribution in [2.45, 2.75) is 44.2 Å². The molecule has 1 N–H and O–H groups in total. The second kappa shape index (κ2) is 6.65. The van der Waals surface area contributed by atoms with Crippen LogP contribution in [0.3, 0.4) is 0 Å². The lowest BCUT2D eigenvalue weighted by molar-refractivity contribution is 0.661. The molecule has 0 aromatic carbocycles. The van der Waals surface area contributed by atoms with Crippen LogP contribution in [0.4, 0.5) is 0 Å². The number of allylic oxidation sites excluding steroid dienone is 2. The van der Waals surface area contributed by atoms with E-state index in [-0.39, 0.29) is 0 Å². The van der Waals surface area contributed by atoms with E-state index in [2.05, 4.69) is 23.0 Å². The van der Waals surface area contributed by atoms with Crippen molar-refractivity contribution in [3.8, 4) is 0 Å². The number of nitrogens with one attached hydrogen (secondary N) is 1. The van der Waals surface area contributed by atoms with Crippen molar-refractivity contribution in [2.24, 2.45) is 5.92 Å². The summed E-state index contributed by atoms with van der Waals surface area (Å²) in [5.74, 6) is 0.548. The summed E-state index contributed by atoms with van der Waals surface area (Å²) in [6, 6.07) is 3.79. The molecule has 2 heterocycles. The van der Waals surface area contributed by atoms with Gasteiger partial charge >= 0.3 is 0 Å². The number of rotatable bonds is 4. The Morgan fingerprint density at radius 2 is 2.18 bits per heavy atom. The molecule has 0 spiro atoms. The van der Waals surface area contributed by atoms with Crippen LogP contribution in [0.25, 0.3) is 16.7 Å². The SMILES string of the molecule is CC/C=C(/C1CCCC1)n1c(=N)ccc2cnc(SC)nc21. The molecule has 5 heteroatoms. The van der Waals surface area contributed by atoms with Gasteiger partial charge in [0.15, 0.2) is 5.16 Å². The molecule has 2 aromatic heterocycles. The number of thioether (sulfide) groups is 1. The highest BCUT2D eigenvalue weighted by Crippen LogP contribution is 2.34. The molecule has 0 amide bonds. The Balaban J connectivity index is 2.24. The lowest BCUT2D eigenvalue weighted by Gasteiger charge is -2.20. The molecule has 2 aromatic rings. The lowest BCUT2D eigenvalue weighted by atomic mass is 10.0. The predicted octanol–water partition coefficient (Wildman–Crippen LogP) is 4.07. The van der Waals surface area contributed by atoms with Crippen LogP contribution in [0.15, 0.2) is 29.6 Å². The summed E-state index contributed by atoms with van der Waals surface area (Å²) in [6.45, 7) is 2.16. The zero-order valence-electron chi connectivity index (χ0n) is 13.2. The molecule has 0 radical (unpaired) electrons. The van der Waals surface area contributed by atoms with Crippen LogP contribution in [0, 0.1) is 11.3 Å². The fraction of sp³-hybridized carbons (Fsp3) is 0.471. The molecule has 1 fully saturated rings. The van der Waals surface area contributed by atoms with E-state index in [0.717, 1.165) is 22.6 Å². The van der Waals surface area contributed by atoms with Gasteiger partial charge in [0.1, 0.15) is 11.1 Å².